The number of carbonyl (C=O) groups is 2. The molecule has 38 heavy (non-hydrogen) atoms. The molecule has 202 valence electrons. The van der Waals surface area contributed by atoms with Crippen molar-refractivity contribution in [3.8, 4) is 21.9 Å². The van der Waals surface area contributed by atoms with Gasteiger partial charge in [0, 0.05) is 27.4 Å². The molecular formula is C26H27ClN2O7S2. The van der Waals surface area contributed by atoms with E-state index in [9.17, 15) is 18.0 Å². The molecule has 0 saturated heterocycles. The van der Waals surface area contributed by atoms with Crippen LogP contribution in [0.3, 0.4) is 0 Å². The van der Waals surface area contributed by atoms with Crippen molar-refractivity contribution in [1.82, 2.24) is 0 Å². The summed E-state index contributed by atoms with van der Waals surface area (Å²) < 4.78 is 40.6. The Morgan fingerprint density at radius 2 is 1.89 bits per heavy atom. The van der Waals surface area contributed by atoms with Gasteiger partial charge in [-0.2, -0.15) is 0 Å². The highest BCUT2D eigenvalue weighted by Crippen LogP contribution is 2.40. The second-order valence-corrected chi connectivity index (χ2v) is 12.4. The summed E-state index contributed by atoms with van der Waals surface area (Å²) in [7, 11) is -1.98. The molecule has 9 nitrogen and oxygen atoms in total. The van der Waals surface area contributed by atoms with Gasteiger partial charge in [-0.1, -0.05) is 30.7 Å². The molecule has 1 amide bonds. The van der Waals surface area contributed by atoms with Crippen LogP contribution in [0.15, 0.2) is 48.5 Å². The standard InChI is InChI=1S/C26H27ClN2O7S2/c1-3-38(32,33)15-20(36-24(30)12-28)14-35-21-9-8-19(11-22(21)34-2)29-13-17-10-23(37-25(17)26(29)31)16-4-6-18(27)7-5-16/h4-11,20H,3,12-15,28H2,1-2H3/t20-/m1/s1. The largest absolute Gasteiger partial charge is 0.493 e. The van der Waals surface area contributed by atoms with Crippen molar-refractivity contribution in [2.75, 3.05) is 36.7 Å². The number of carbonyl (C=O) groups excluding carboxylic acids is 2. The van der Waals surface area contributed by atoms with Crippen molar-refractivity contribution in [1.29, 1.82) is 0 Å². The number of halogens is 1. The van der Waals surface area contributed by atoms with Crippen LogP contribution in [0.25, 0.3) is 10.4 Å². The topological polar surface area (TPSA) is 125 Å². The molecule has 1 aliphatic rings. The van der Waals surface area contributed by atoms with Crippen molar-refractivity contribution < 1.29 is 32.2 Å². The molecule has 0 fully saturated rings. The third-order valence-corrected chi connectivity index (χ3v) is 9.16. The first-order chi connectivity index (χ1) is 18.1. The summed E-state index contributed by atoms with van der Waals surface area (Å²) in [5, 5.41) is 0.652. The minimum atomic E-state index is -3.44. The van der Waals surface area contributed by atoms with Crippen molar-refractivity contribution in [3.63, 3.8) is 0 Å². The maximum atomic E-state index is 13.2. The number of ether oxygens (including phenoxy) is 3. The average molecular weight is 579 g/mol. The van der Waals surface area contributed by atoms with E-state index in [-0.39, 0.29) is 24.8 Å². The Labute approximate surface area is 230 Å². The minimum absolute atomic E-state index is 0.0990. The highest BCUT2D eigenvalue weighted by Gasteiger charge is 2.32. The molecule has 2 aromatic carbocycles. The zero-order valence-electron chi connectivity index (χ0n) is 20.8. The monoisotopic (exact) mass is 578 g/mol. The third kappa shape index (κ3) is 6.29. The van der Waals surface area contributed by atoms with E-state index in [2.05, 4.69) is 0 Å². The van der Waals surface area contributed by atoms with E-state index in [0.29, 0.717) is 33.6 Å². The Hall–Kier alpha value is -3.12. The Bertz CT molecular complexity index is 1440. The van der Waals surface area contributed by atoms with Gasteiger partial charge in [-0.25, -0.2) is 8.42 Å². The summed E-state index contributed by atoms with van der Waals surface area (Å²) in [5.74, 6) is -0.678. The predicted octanol–water partition coefficient (Wildman–Crippen LogP) is 3.92. The number of amides is 1. The summed E-state index contributed by atoms with van der Waals surface area (Å²) in [4.78, 5) is 28.2. The second-order valence-electron chi connectivity index (χ2n) is 8.52. The van der Waals surface area contributed by atoms with Crippen LogP contribution in [-0.4, -0.2) is 58.2 Å². The van der Waals surface area contributed by atoms with Gasteiger partial charge < -0.3 is 24.8 Å². The lowest BCUT2D eigenvalue weighted by Gasteiger charge is -2.21. The van der Waals surface area contributed by atoms with E-state index in [0.717, 1.165) is 16.0 Å². The fourth-order valence-corrected chi connectivity index (χ4v) is 6.15. The Morgan fingerprint density at radius 3 is 2.53 bits per heavy atom. The number of methoxy groups -OCH3 is 1. The molecule has 2 heterocycles. The van der Waals surface area contributed by atoms with Gasteiger partial charge in [0.1, 0.15) is 12.7 Å². The van der Waals surface area contributed by atoms with Gasteiger partial charge in [-0.15, -0.1) is 11.3 Å². The first-order valence-electron chi connectivity index (χ1n) is 11.8. The maximum absolute atomic E-state index is 13.2. The van der Waals surface area contributed by atoms with E-state index in [4.69, 9.17) is 31.5 Å². The number of hydrogen-bond donors (Lipinski definition) is 1. The number of anilines is 1. The second kappa shape index (κ2) is 11.7. The summed E-state index contributed by atoms with van der Waals surface area (Å²) in [5.41, 5.74) is 7.86. The highest BCUT2D eigenvalue weighted by atomic mass is 35.5. The first-order valence-corrected chi connectivity index (χ1v) is 14.8. The van der Waals surface area contributed by atoms with Crippen molar-refractivity contribution in [2.45, 2.75) is 19.6 Å². The average Bonchev–Trinajstić information content (AvgIpc) is 3.46. The van der Waals surface area contributed by atoms with Crippen molar-refractivity contribution in [3.05, 3.63) is 64.0 Å². The van der Waals surface area contributed by atoms with Crippen LogP contribution < -0.4 is 20.1 Å². The number of hydrogen-bond acceptors (Lipinski definition) is 9. The van der Waals surface area contributed by atoms with Crippen molar-refractivity contribution >= 4 is 50.3 Å². The van der Waals surface area contributed by atoms with Gasteiger partial charge in [-0.05, 0) is 41.5 Å². The zero-order valence-corrected chi connectivity index (χ0v) is 23.2. The predicted molar refractivity (Wildman–Crippen MR) is 147 cm³/mol. The number of sulfone groups is 1. The van der Waals surface area contributed by atoms with Gasteiger partial charge >= 0.3 is 5.97 Å². The molecular weight excluding hydrogens is 552 g/mol. The van der Waals surface area contributed by atoms with E-state index < -0.39 is 27.7 Å². The lowest BCUT2D eigenvalue weighted by Crippen LogP contribution is -2.35. The van der Waals surface area contributed by atoms with Crippen LogP contribution in [0.2, 0.25) is 5.02 Å². The quantitative estimate of drug-likeness (QED) is 0.339. The van der Waals surface area contributed by atoms with Crippen LogP contribution in [0.1, 0.15) is 22.2 Å². The number of nitrogens with zero attached hydrogens (tertiary/aromatic N) is 1. The van der Waals surface area contributed by atoms with Gasteiger partial charge in [0.15, 0.2) is 21.3 Å². The molecule has 0 aliphatic carbocycles. The summed E-state index contributed by atoms with van der Waals surface area (Å²) in [6.45, 7) is 1.33. The number of nitrogens with two attached hydrogens (primary N) is 1. The minimum Gasteiger partial charge on any atom is -0.493 e. The lowest BCUT2D eigenvalue weighted by atomic mass is 10.1. The Morgan fingerprint density at radius 1 is 1.16 bits per heavy atom. The van der Waals surface area contributed by atoms with Gasteiger partial charge in [0.05, 0.1) is 30.8 Å². The number of esters is 1. The fraction of sp³-hybridized carbons (Fsp3) is 0.308. The molecule has 0 saturated carbocycles. The number of rotatable bonds is 11. The smallest absolute Gasteiger partial charge is 0.320 e. The number of thiophene rings is 1. The summed E-state index contributed by atoms with van der Waals surface area (Å²) >= 11 is 7.42. The van der Waals surface area contributed by atoms with Gasteiger partial charge in [-0.3, -0.25) is 9.59 Å². The normalized spacial score (nSPS) is 13.8. The molecule has 0 spiro atoms. The third-order valence-electron chi connectivity index (χ3n) is 5.93. The molecule has 12 heteroatoms. The molecule has 1 aliphatic heterocycles. The van der Waals surface area contributed by atoms with Crippen LogP contribution in [0, 0.1) is 0 Å². The molecule has 1 atom stereocenters. The Kier molecular flexibility index (Phi) is 8.61. The van der Waals surface area contributed by atoms with Gasteiger partial charge in [0.2, 0.25) is 0 Å². The SMILES string of the molecule is CCS(=O)(=O)C[C@@H](COc1ccc(N2Cc3cc(-c4ccc(Cl)cc4)sc3C2=O)cc1OC)OC(=O)CN. The van der Waals surface area contributed by atoms with E-state index in [1.165, 1.54) is 25.4 Å². The summed E-state index contributed by atoms with van der Waals surface area (Å²) in [6.07, 6.45) is -1.04. The zero-order chi connectivity index (χ0) is 27.4. The van der Waals surface area contributed by atoms with Crippen LogP contribution in [-0.2, 0) is 25.9 Å². The molecule has 4 rings (SSSR count). The highest BCUT2D eigenvalue weighted by molar-refractivity contribution is 7.91. The van der Waals surface area contributed by atoms with E-state index in [1.54, 1.807) is 23.1 Å². The first kappa shape index (κ1) is 27.9. The van der Waals surface area contributed by atoms with E-state index >= 15 is 0 Å². The molecule has 3 aromatic rings. The molecule has 0 radical (unpaired) electrons. The van der Waals surface area contributed by atoms with E-state index in [1.807, 2.05) is 30.3 Å². The molecule has 0 bridgehead atoms. The van der Waals surface area contributed by atoms with Crippen LogP contribution >= 0.6 is 22.9 Å². The van der Waals surface area contributed by atoms with Gasteiger partial charge in [0.25, 0.3) is 5.91 Å². The van der Waals surface area contributed by atoms with Crippen LogP contribution in [0.5, 0.6) is 11.5 Å². The number of benzene rings is 2. The molecule has 1 aromatic heterocycles. The summed E-state index contributed by atoms with van der Waals surface area (Å²) in [6, 6.07) is 14.5. The molecule has 0 unspecified atom stereocenters. The van der Waals surface area contributed by atoms with Crippen LogP contribution in [0.4, 0.5) is 5.69 Å². The van der Waals surface area contributed by atoms with Crippen molar-refractivity contribution in [2.24, 2.45) is 5.73 Å². The number of fused-ring (bicyclic) bond motifs is 1. The fourth-order valence-electron chi connectivity index (χ4n) is 3.93. The Balaban J connectivity index is 1.48. The maximum Gasteiger partial charge on any atom is 0.320 e. The molecule has 2 N–H and O–H groups in total. The lowest BCUT2D eigenvalue weighted by molar-refractivity contribution is -0.147.